The first-order valence-electron chi connectivity index (χ1n) is 10.7. The molecule has 1 unspecified atom stereocenters. The molecule has 2 aliphatic rings. The van der Waals surface area contributed by atoms with Gasteiger partial charge in [-0.2, -0.15) is 5.26 Å². The van der Waals surface area contributed by atoms with Crippen molar-refractivity contribution in [3.8, 4) is 6.07 Å². The maximum absolute atomic E-state index is 12.5. The van der Waals surface area contributed by atoms with Crippen molar-refractivity contribution in [3.05, 3.63) is 65.5 Å². The summed E-state index contributed by atoms with van der Waals surface area (Å²) in [6.45, 7) is 7.16. The molecule has 0 bridgehead atoms. The molecule has 0 saturated carbocycles. The number of urea groups is 1. The summed E-state index contributed by atoms with van der Waals surface area (Å²) in [6, 6.07) is 2.49. The Balaban J connectivity index is 2.07. The Morgan fingerprint density at radius 1 is 1.22 bits per heavy atom. The molecule has 168 valence electrons. The number of nitriles is 1. The van der Waals surface area contributed by atoms with Gasteiger partial charge in [0.1, 0.15) is 5.71 Å². The molecule has 1 heterocycles. The largest absolute Gasteiger partial charge is 0.477 e. The molecule has 0 aromatic rings. The van der Waals surface area contributed by atoms with Gasteiger partial charge in [-0.1, -0.05) is 50.3 Å². The van der Waals surface area contributed by atoms with Crippen molar-refractivity contribution in [3.63, 3.8) is 0 Å². The number of allylic oxidation sites excluding steroid dienone is 8. The average Bonchev–Trinajstić information content (AvgIpc) is 2.74. The predicted molar refractivity (Wildman–Crippen MR) is 124 cm³/mol. The molecule has 2 amide bonds. The highest BCUT2D eigenvalue weighted by Gasteiger charge is 2.38. The number of likely N-dealkylation sites (tertiary alicyclic amines) is 1. The first-order chi connectivity index (χ1) is 15.2. The fraction of sp³-hybridized carbons (Fsp3) is 0.400. The highest BCUT2D eigenvalue weighted by Crippen LogP contribution is 2.39. The Kier molecular flexibility index (Phi) is 8.57. The van der Waals surface area contributed by atoms with E-state index >= 15 is 0 Å². The number of carbonyl (C=O) groups is 2. The molecular formula is C25H30N4O3. The number of nitrogens with zero attached hydrogens (tertiary/aromatic N) is 2. The average molecular weight is 435 g/mol. The summed E-state index contributed by atoms with van der Waals surface area (Å²) in [5.74, 6) is -0.952. The lowest BCUT2D eigenvalue weighted by molar-refractivity contribution is -0.129. The summed E-state index contributed by atoms with van der Waals surface area (Å²) in [5.41, 5.74) is 3.17. The second-order valence-corrected chi connectivity index (χ2v) is 8.34. The first-order valence-corrected chi connectivity index (χ1v) is 10.7. The topological polar surface area (TPSA) is 117 Å². The number of nitrogens with one attached hydrogen (secondary N) is 2. The van der Waals surface area contributed by atoms with Crippen molar-refractivity contribution in [1.82, 2.24) is 10.2 Å². The van der Waals surface area contributed by atoms with Gasteiger partial charge >= 0.3 is 12.0 Å². The van der Waals surface area contributed by atoms with E-state index in [0.717, 1.165) is 17.2 Å². The number of hydrogen-bond donors (Lipinski definition) is 3. The van der Waals surface area contributed by atoms with E-state index in [-0.39, 0.29) is 12.1 Å². The molecule has 0 radical (unpaired) electrons. The number of piperidine rings is 1. The number of carbonyl (C=O) groups excluding carboxylic acids is 1. The molecule has 2 rings (SSSR count). The molecule has 32 heavy (non-hydrogen) atoms. The smallest absolute Gasteiger partial charge is 0.354 e. The van der Waals surface area contributed by atoms with E-state index in [4.69, 9.17) is 10.5 Å². The van der Waals surface area contributed by atoms with Crippen LogP contribution >= 0.6 is 0 Å². The molecule has 1 aliphatic heterocycles. The first kappa shape index (κ1) is 24.6. The van der Waals surface area contributed by atoms with Crippen molar-refractivity contribution in [2.75, 3.05) is 13.1 Å². The van der Waals surface area contributed by atoms with Crippen LogP contribution in [0.3, 0.4) is 0 Å². The molecule has 7 heteroatoms. The second-order valence-electron chi connectivity index (χ2n) is 8.34. The normalized spacial score (nSPS) is 18.2. The maximum atomic E-state index is 12.5. The Bertz CT molecular complexity index is 977. The van der Waals surface area contributed by atoms with Gasteiger partial charge in [0, 0.05) is 25.2 Å². The zero-order chi connectivity index (χ0) is 23.7. The minimum atomic E-state index is -1.31. The van der Waals surface area contributed by atoms with E-state index in [1.54, 1.807) is 11.0 Å². The van der Waals surface area contributed by atoms with E-state index < -0.39 is 17.1 Å². The minimum absolute atomic E-state index is 0.0804. The van der Waals surface area contributed by atoms with Crippen molar-refractivity contribution in [1.29, 1.82) is 10.7 Å². The summed E-state index contributed by atoms with van der Waals surface area (Å²) < 4.78 is 0. The summed E-state index contributed by atoms with van der Waals surface area (Å²) in [7, 11) is 0. The van der Waals surface area contributed by atoms with Gasteiger partial charge in [0.25, 0.3) is 0 Å². The number of rotatable bonds is 6. The molecule has 1 aliphatic carbocycles. The van der Waals surface area contributed by atoms with Crippen LogP contribution in [0.1, 0.15) is 33.6 Å². The van der Waals surface area contributed by atoms with E-state index in [0.29, 0.717) is 31.8 Å². The van der Waals surface area contributed by atoms with Crippen LogP contribution in [0.2, 0.25) is 0 Å². The summed E-state index contributed by atoms with van der Waals surface area (Å²) in [4.78, 5) is 24.9. The fourth-order valence-corrected chi connectivity index (χ4v) is 3.34. The van der Waals surface area contributed by atoms with Gasteiger partial charge in [-0.05, 0) is 42.9 Å². The molecule has 1 fully saturated rings. The lowest BCUT2D eigenvalue weighted by atomic mass is 9.73. The van der Waals surface area contributed by atoms with E-state index in [1.807, 2.05) is 43.4 Å². The molecule has 0 aromatic heterocycles. The van der Waals surface area contributed by atoms with Crippen LogP contribution in [0.15, 0.2) is 65.5 Å². The van der Waals surface area contributed by atoms with Gasteiger partial charge < -0.3 is 15.3 Å². The van der Waals surface area contributed by atoms with Gasteiger partial charge in [-0.25, -0.2) is 9.59 Å². The Hall–Kier alpha value is -3.62. The van der Waals surface area contributed by atoms with Crippen LogP contribution in [0.5, 0.6) is 0 Å². The summed E-state index contributed by atoms with van der Waals surface area (Å²) in [5, 5.41) is 29.0. The molecular weight excluding hydrogens is 404 g/mol. The van der Waals surface area contributed by atoms with Crippen LogP contribution in [-0.2, 0) is 4.79 Å². The third-order valence-corrected chi connectivity index (χ3v) is 5.86. The SMILES string of the molecule is CC(C)C(C)NC(=O)N1CCC(C#N)(C2=CC=CC(C=C=CC(=N)C(=O)O)=CC=C2)CC1. The highest BCUT2D eigenvalue weighted by atomic mass is 16.4. The van der Waals surface area contributed by atoms with Crippen molar-refractivity contribution >= 4 is 17.7 Å². The molecule has 0 aromatic carbocycles. The van der Waals surface area contributed by atoms with E-state index in [2.05, 4.69) is 31.0 Å². The van der Waals surface area contributed by atoms with Gasteiger partial charge in [0.2, 0.25) is 0 Å². The van der Waals surface area contributed by atoms with Crippen molar-refractivity contribution < 1.29 is 14.7 Å². The van der Waals surface area contributed by atoms with Crippen LogP contribution in [0, 0.1) is 28.1 Å². The quantitative estimate of drug-likeness (QED) is 0.430. The summed E-state index contributed by atoms with van der Waals surface area (Å²) in [6.07, 6.45) is 15.0. The third kappa shape index (κ3) is 6.44. The Morgan fingerprint density at radius 2 is 1.88 bits per heavy atom. The van der Waals surface area contributed by atoms with Crippen molar-refractivity contribution in [2.45, 2.75) is 39.7 Å². The molecule has 7 nitrogen and oxygen atoms in total. The van der Waals surface area contributed by atoms with Gasteiger partial charge in [-0.15, -0.1) is 5.73 Å². The van der Waals surface area contributed by atoms with Crippen LogP contribution in [-0.4, -0.2) is 46.8 Å². The Morgan fingerprint density at radius 3 is 2.47 bits per heavy atom. The van der Waals surface area contributed by atoms with Gasteiger partial charge in [-0.3, -0.25) is 5.41 Å². The number of aliphatic carboxylic acids is 1. The fourth-order valence-electron chi connectivity index (χ4n) is 3.34. The lowest BCUT2D eigenvalue weighted by Gasteiger charge is -2.38. The predicted octanol–water partition coefficient (Wildman–Crippen LogP) is 4.14. The van der Waals surface area contributed by atoms with Crippen molar-refractivity contribution in [2.24, 2.45) is 11.3 Å². The molecule has 3 N–H and O–H groups in total. The number of carboxylic acid groups (broad SMARTS) is 1. The Labute approximate surface area is 189 Å². The van der Waals surface area contributed by atoms with Gasteiger partial charge in [0.05, 0.1) is 11.5 Å². The maximum Gasteiger partial charge on any atom is 0.354 e. The molecule has 1 atom stereocenters. The minimum Gasteiger partial charge on any atom is -0.477 e. The number of hydrogen-bond acceptors (Lipinski definition) is 4. The second kappa shape index (κ2) is 11.1. The van der Waals surface area contributed by atoms with E-state index in [9.17, 15) is 14.9 Å². The van der Waals surface area contributed by atoms with Crippen LogP contribution in [0.25, 0.3) is 0 Å². The van der Waals surface area contributed by atoms with E-state index in [1.165, 1.54) is 0 Å². The molecule has 0 spiro atoms. The highest BCUT2D eigenvalue weighted by molar-refractivity contribution is 6.38. The number of amides is 2. The van der Waals surface area contributed by atoms with Gasteiger partial charge in [0.15, 0.2) is 0 Å². The summed E-state index contributed by atoms with van der Waals surface area (Å²) >= 11 is 0. The standard InChI is InChI=1S/C25H30N4O3/c1-18(2)19(3)28-24(32)29-15-13-25(17-26,14-16-29)21-10-4-7-20(8-5-11-21)9-6-12-22(27)23(30)31/h4-5,7-12,18-19,27H,13-16H2,1-3H3,(H,28,32)(H,30,31). The zero-order valence-corrected chi connectivity index (χ0v) is 18.8. The zero-order valence-electron chi connectivity index (χ0n) is 18.8. The monoisotopic (exact) mass is 434 g/mol. The van der Waals surface area contributed by atoms with Crippen LogP contribution in [0.4, 0.5) is 4.79 Å². The molecule has 1 saturated heterocycles. The third-order valence-electron chi connectivity index (χ3n) is 5.86. The number of carboxylic acids is 1. The van der Waals surface area contributed by atoms with Crippen LogP contribution < -0.4 is 5.32 Å². The lowest BCUT2D eigenvalue weighted by Crippen LogP contribution is -2.50.